The van der Waals surface area contributed by atoms with Crippen molar-refractivity contribution >= 4 is 33.4 Å². The number of phenolic OH excluding ortho intramolecular Hbond substituents is 1. The van der Waals surface area contributed by atoms with Gasteiger partial charge in [0.25, 0.3) is 5.91 Å². The Morgan fingerprint density at radius 1 is 0.853 bits per heavy atom. The van der Waals surface area contributed by atoms with Crippen molar-refractivity contribution in [2.24, 2.45) is 0 Å². The molecular formula is C28H28N4O2. The van der Waals surface area contributed by atoms with Crippen molar-refractivity contribution in [1.29, 1.82) is 0 Å². The fourth-order valence-corrected chi connectivity index (χ4v) is 5.95. The van der Waals surface area contributed by atoms with E-state index in [9.17, 15) is 9.90 Å². The lowest BCUT2D eigenvalue weighted by Crippen LogP contribution is -2.45. The minimum atomic E-state index is -0.0858. The Labute approximate surface area is 198 Å². The van der Waals surface area contributed by atoms with Crippen molar-refractivity contribution in [2.45, 2.75) is 37.6 Å². The Morgan fingerprint density at radius 2 is 1.59 bits per heavy atom. The normalized spacial score (nSPS) is 20.8. The summed E-state index contributed by atoms with van der Waals surface area (Å²) >= 11 is 0. The third kappa shape index (κ3) is 3.45. The Balaban J connectivity index is 1.28. The summed E-state index contributed by atoms with van der Waals surface area (Å²) < 4.78 is 0. The average Bonchev–Trinajstić information content (AvgIpc) is 3.15. The Morgan fingerprint density at radius 3 is 2.44 bits per heavy atom. The van der Waals surface area contributed by atoms with E-state index in [1.54, 1.807) is 12.4 Å². The maximum atomic E-state index is 13.5. The smallest absolute Gasteiger partial charge is 0.257 e. The van der Waals surface area contributed by atoms with Crippen molar-refractivity contribution in [3.8, 4) is 5.75 Å². The number of carbonyl (C=O) groups excluding carboxylic acids is 1. The van der Waals surface area contributed by atoms with Gasteiger partial charge in [0.1, 0.15) is 17.9 Å². The second kappa shape index (κ2) is 8.28. The van der Waals surface area contributed by atoms with Gasteiger partial charge in [0.15, 0.2) is 0 Å². The minimum absolute atomic E-state index is 0.00240. The van der Waals surface area contributed by atoms with Gasteiger partial charge in [-0.25, -0.2) is 9.97 Å². The molecule has 1 amide bonds. The van der Waals surface area contributed by atoms with Crippen molar-refractivity contribution in [3.63, 3.8) is 0 Å². The van der Waals surface area contributed by atoms with Crippen LogP contribution in [0.3, 0.4) is 0 Å². The van der Waals surface area contributed by atoms with Gasteiger partial charge in [0, 0.05) is 30.6 Å². The zero-order valence-electron chi connectivity index (χ0n) is 19.2. The van der Waals surface area contributed by atoms with E-state index in [0.717, 1.165) is 66.1 Å². The van der Waals surface area contributed by atoms with Crippen LogP contribution in [0.15, 0.2) is 67.0 Å². The lowest BCUT2D eigenvalue weighted by atomic mass is 9.87. The summed E-state index contributed by atoms with van der Waals surface area (Å²) in [5.41, 5.74) is 1.35. The van der Waals surface area contributed by atoms with Crippen LogP contribution in [0.2, 0.25) is 0 Å². The number of phenols is 1. The lowest BCUT2D eigenvalue weighted by Gasteiger charge is -2.39. The van der Waals surface area contributed by atoms with Gasteiger partial charge in [-0.3, -0.25) is 4.79 Å². The fraction of sp³-hybridized carbons (Fsp3) is 0.321. The van der Waals surface area contributed by atoms with Crippen LogP contribution in [0.1, 0.15) is 42.5 Å². The molecule has 6 nitrogen and oxygen atoms in total. The van der Waals surface area contributed by atoms with Crippen LogP contribution < -0.4 is 4.90 Å². The molecule has 2 aliphatic heterocycles. The van der Waals surface area contributed by atoms with Crippen LogP contribution >= 0.6 is 0 Å². The molecule has 2 saturated heterocycles. The molecule has 2 fully saturated rings. The molecule has 0 aliphatic carbocycles. The maximum absolute atomic E-state index is 13.5. The van der Waals surface area contributed by atoms with Crippen LogP contribution in [-0.4, -0.2) is 51.1 Å². The van der Waals surface area contributed by atoms with E-state index in [1.165, 1.54) is 0 Å². The Hall–Kier alpha value is -3.67. The number of anilines is 1. The molecule has 0 bridgehead atoms. The highest BCUT2D eigenvalue weighted by Gasteiger charge is 2.43. The molecule has 1 N–H and O–H groups in total. The number of carbonyl (C=O) groups is 1. The topological polar surface area (TPSA) is 69.6 Å². The Kier molecular flexibility index (Phi) is 5.09. The molecule has 2 aliphatic rings. The fourth-order valence-electron chi connectivity index (χ4n) is 5.95. The summed E-state index contributed by atoms with van der Waals surface area (Å²) in [4.78, 5) is 27.0. The monoisotopic (exact) mass is 452 g/mol. The van der Waals surface area contributed by atoms with E-state index in [0.29, 0.717) is 18.7 Å². The molecule has 6 rings (SSSR count). The molecule has 0 saturated carbocycles. The largest absolute Gasteiger partial charge is 0.507 e. The predicted octanol–water partition coefficient (Wildman–Crippen LogP) is 5.15. The van der Waals surface area contributed by atoms with Gasteiger partial charge in [-0.15, -0.1) is 0 Å². The van der Waals surface area contributed by atoms with Gasteiger partial charge in [-0.2, -0.15) is 0 Å². The van der Waals surface area contributed by atoms with Crippen molar-refractivity contribution in [2.75, 3.05) is 24.5 Å². The third-order valence-electron chi connectivity index (χ3n) is 7.67. The zero-order chi connectivity index (χ0) is 23.1. The van der Waals surface area contributed by atoms with Crippen LogP contribution in [0.4, 0.5) is 5.82 Å². The number of aromatic nitrogens is 2. The highest BCUT2D eigenvalue weighted by Crippen LogP contribution is 2.42. The number of hydrogen-bond acceptors (Lipinski definition) is 5. The predicted molar refractivity (Wildman–Crippen MR) is 134 cm³/mol. The van der Waals surface area contributed by atoms with Crippen LogP contribution in [0.5, 0.6) is 5.75 Å². The summed E-state index contributed by atoms with van der Waals surface area (Å²) in [6.45, 7) is 2.34. The first-order valence-electron chi connectivity index (χ1n) is 12.1. The molecule has 1 unspecified atom stereocenters. The first kappa shape index (κ1) is 20.9. The molecule has 34 heavy (non-hydrogen) atoms. The molecule has 3 aromatic carbocycles. The standard InChI is InChI=1S/C28H28N4O2/c33-25-18-21-8-2-1-7-20(21)17-23(25)27(34)31-14-5-11-28(13-16-31)12-6-15-32(28)26-22-9-3-4-10-24(22)29-19-30-26/h1-4,7-10,17-19,33H,5-6,11-16H2. The second-order valence-corrected chi connectivity index (χ2v) is 9.56. The highest BCUT2D eigenvalue weighted by molar-refractivity contribution is 6.01. The van der Waals surface area contributed by atoms with Gasteiger partial charge >= 0.3 is 0 Å². The number of para-hydroxylation sites is 1. The van der Waals surface area contributed by atoms with E-state index in [-0.39, 0.29) is 17.2 Å². The van der Waals surface area contributed by atoms with Crippen molar-refractivity contribution < 1.29 is 9.90 Å². The summed E-state index contributed by atoms with van der Waals surface area (Å²) in [6.07, 6.45) is 6.74. The first-order chi connectivity index (χ1) is 16.6. The third-order valence-corrected chi connectivity index (χ3v) is 7.67. The molecular weight excluding hydrogens is 424 g/mol. The number of likely N-dealkylation sites (tertiary alicyclic amines) is 1. The highest BCUT2D eigenvalue weighted by atomic mass is 16.3. The number of benzene rings is 3. The summed E-state index contributed by atoms with van der Waals surface area (Å²) in [5.74, 6) is 0.977. The number of nitrogens with zero attached hydrogens (tertiary/aromatic N) is 4. The van der Waals surface area contributed by atoms with Crippen LogP contribution in [-0.2, 0) is 0 Å². The summed E-state index contributed by atoms with van der Waals surface area (Å²) in [6, 6.07) is 19.5. The maximum Gasteiger partial charge on any atom is 0.257 e. The van der Waals surface area contributed by atoms with Gasteiger partial charge in [0.2, 0.25) is 0 Å². The first-order valence-corrected chi connectivity index (χ1v) is 12.1. The summed E-state index contributed by atoms with van der Waals surface area (Å²) in [5, 5.41) is 13.6. The van der Waals surface area contributed by atoms with Crippen LogP contribution in [0, 0.1) is 0 Å². The number of fused-ring (bicyclic) bond motifs is 2. The summed E-state index contributed by atoms with van der Waals surface area (Å²) in [7, 11) is 0. The second-order valence-electron chi connectivity index (χ2n) is 9.56. The van der Waals surface area contributed by atoms with Gasteiger partial charge < -0.3 is 14.9 Å². The SMILES string of the molecule is O=C(c1cc2ccccc2cc1O)N1CCCC2(CCCN2c2ncnc3ccccc23)CC1. The van der Waals surface area contributed by atoms with Gasteiger partial charge in [0.05, 0.1) is 11.1 Å². The molecule has 0 radical (unpaired) electrons. The zero-order valence-corrected chi connectivity index (χ0v) is 19.2. The van der Waals surface area contributed by atoms with E-state index < -0.39 is 0 Å². The molecule has 4 aromatic rings. The number of amides is 1. The van der Waals surface area contributed by atoms with E-state index in [4.69, 9.17) is 4.98 Å². The van der Waals surface area contributed by atoms with Crippen molar-refractivity contribution in [1.82, 2.24) is 14.9 Å². The molecule has 1 spiro atoms. The Bertz CT molecular complexity index is 1380. The molecule has 172 valence electrons. The average molecular weight is 453 g/mol. The van der Waals surface area contributed by atoms with E-state index in [1.807, 2.05) is 53.4 Å². The lowest BCUT2D eigenvalue weighted by molar-refractivity contribution is 0.0756. The van der Waals surface area contributed by atoms with E-state index >= 15 is 0 Å². The molecule has 1 atom stereocenters. The van der Waals surface area contributed by atoms with E-state index in [2.05, 4.69) is 16.0 Å². The van der Waals surface area contributed by atoms with Gasteiger partial charge in [-0.05, 0) is 67.1 Å². The van der Waals surface area contributed by atoms with Crippen molar-refractivity contribution in [3.05, 3.63) is 72.6 Å². The number of aromatic hydroxyl groups is 1. The van der Waals surface area contributed by atoms with Crippen LogP contribution in [0.25, 0.3) is 21.7 Å². The molecule has 6 heteroatoms. The van der Waals surface area contributed by atoms with Gasteiger partial charge in [-0.1, -0.05) is 36.4 Å². The molecule has 1 aromatic heterocycles. The number of hydrogen-bond donors (Lipinski definition) is 1. The number of rotatable bonds is 2. The minimum Gasteiger partial charge on any atom is -0.507 e. The quantitative estimate of drug-likeness (QED) is 0.455. The molecule has 3 heterocycles.